The molecule has 15 heteroatoms. The minimum Gasteiger partial charge on any atom is -0.508 e. The molecule has 4 rings (SSSR count). The minimum atomic E-state index is -4.61. The van der Waals surface area contributed by atoms with Gasteiger partial charge in [0.2, 0.25) is 0 Å². The van der Waals surface area contributed by atoms with Crippen LogP contribution in [0.3, 0.4) is 0 Å². The van der Waals surface area contributed by atoms with Crippen LogP contribution in [0.5, 0.6) is 5.75 Å². The number of allylic oxidation sites excluding steroid dienone is 3. The fourth-order valence-electron chi connectivity index (χ4n) is 3.98. The first-order valence-electron chi connectivity index (χ1n) is 14.4. The Hall–Kier alpha value is -5.96. The maximum absolute atomic E-state index is 13.2. The summed E-state index contributed by atoms with van der Waals surface area (Å²) in [5.74, 6) is -0.888. The van der Waals surface area contributed by atoms with Gasteiger partial charge in [0.15, 0.2) is 5.82 Å². The van der Waals surface area contributed by atoms with Gasteiger partial charge in [-0.25, -0.2) is 4.98 Å². The fourth-order valence-corrected chi connectivity index (χ4v) is 3.98. The Labute approximate surface area is 282 Å². The molecular weight excluding hydrogens is 643 g/mol. The summed E-state index contributed by atoms with van der Waals surface area (Å²) in [5, 5.41) is 16.0. The number of ether oxygens (including phenoxy) is 1. The molecule has 2 amide bonds. The summed E-state index contributed by atoms with van der Waals surface area (Å²) >= 11 is 0. The highest BCUT2D eigenvalue weighted by atomic mass is 19.4. The highest BCUT2D eigenvalue weighted by Gasteiger charge is 2.31. The number of primary amides is 1. The SMILES string of the molecule is C/C=C\C(O)=C(C)C.C=O.CN.COc1ccccc1C(=O)NCc1ccc(-c2nn(-c3cc(C(F)(F)F)ccn3)c(N)c2C(N)=O)cc1. The molecule has 0 atom stereocenters. The Morgan fingerprint density at radius 1 is 1.06 bits per heavy atom. The van der Waals surface area contributed by atoms with Gasteiger partial charge in [-0.05, 0) is 69.3 Å². The number of nitrogens with one attached hydrogen (secondary N) is 1. The van der Waals surface area contributed by atoms with Crippen molar-refractivity contribution < 1.29 is 37.4 Å². The van der Waals surface area contributed by atoms with Crippen LogP contribution in [0.2, 0.25) is 0 Å². The van der Waals surface area contributed by atoms with Crippen LogP contribution in [0.1, 0.15) is 52.6 Å². The number of hydrogen-bond acceptors (Lipinski definition) is 9. The van der Waals surface area contributed by atoms with Gasteiger partial charge in [-0.1, -0.05) is 42.5 Å². The van der Waals surface area contributed by atoms with E-state index in [1.54, 1.807) is 54.6 Å². The number of rotatable bonds is 8. The first-order valence-corrected chi connectivity index (χ1v) is 14.4. The van der Waals surface area contributed by atoms with E-state index in [0.29, 0.717) is 22.6 Å². The van der Waals surface area contributed by atoms with Crippen molar-refractivity contribution in [3.63, 3.8) is 0 Å². The number of carbonyl (C=O) groups excluding carboxylic acids is 3. The number of carbonyl (C=O) groups is 3. The number of para-hydroxylation sites is 1. The quantitative estimate of drug-likeness (QED) is 0.119. The molecule has 2 aromatic heterocycles. The maximum Gasteiger partial charge on any atom is 0.416 e. The molecule has 0 spiro atoms. The predicted octanol–water partition coefficient (Wildman–Crippen LogP) is 5.38. The molecule has 2 heterocycles. The molecule has 0 aliphatic carbocycles. The number of aliphatic hydroxyl groups is 1. The number of nitrogens with zero attached hydrogens (tertiary/aromatic N) is 3. The molecule has 2 aromatic carbocycles. The Kier molecular flexibility index (Phi) is 16.5. The number of nitrogens with two attached hydrogens (primary N) is 3. The zero-order chi connectivity index (χ0) is 37.3. The second-order valence-corrected chi connectivity index (χ2v) is 9.75. The van der Waals surface area contributed by atoms with Crippen LogP contribution in [-0.4, -0.2) is 52.6 Å². The lowest BCUT2D eigenvalue weighted by molar-refractivity contribution is -0.137. The van der Waals surface area contributed by atoms with Crippen molar-refractivity contribution in [2.75, 3.05) is 19.9 Å². The van der Waals surface area contributed by atoms with Crippen molar-refractivity contribution in [2.45, 2.75) is 33.5 Å². The van der Waals surface area contributed by atoms with Gasteiger partial charge in [-0.15, -0.1) is 0 Å². The van der Waals surface area contributed by atoms with E-state index < -0.39 is 17.6 Å². The average molecular weight is 684 g/mol. The third-order valence-corrected chi connectivity index (χ3v) is 6.33. The smallest absolute Gasteiger partial charge is 0.416 e. The number of pyridine rings is 1. The van der Waals surface area contributed by atoms with Crippen molar-refractivity contribution in [3.05, 3.63) is 113 Å². The number of alkyl halides is 3. The zero-order valence-corrected chi connectivity index (χ0v) is 27.7. The molecule has 0 aliphatic rings. The van der Waals surface area contributed by atoms with E-state index in [1.165, 1.54) is 14.2 Å². The van der Waals surface area contributed by atoms with Crippen LogP contribution in [0.4, 0.5) is 19.0 Å². The molecule has 0 radical (unpaired) electrons. The Morgan fingerprint density at radius 2 is 1.67 bits per heavy atom. The Morgan fingerprint density at radius 3 is 2.18 bits per heavy atom. The van der Waals surface area contributed by atoms with Crippen molar-refractivity contribution in [1.82, 2.24) is 20.1 Å². The van der Waals surface area contributed by atoms with Gasteiger partial charge in [0.05, 0.1) is 18.2 Å². The van der Waals surface area contributed by atoms with Crippen molar-refractivity contribution in [2.24, 2.45) is 11.5 Å². The van der Waals surface area contributed by atoms with E-state index in [1.807, 2.05) is 33.6 Å². The summed E-state index contributed by atoms with van der Waals surface area (Å²) in [6.45, 7) is 7.81. The summed E-state index contributed by atoms with van der Waals surface area (Å²) in [7, 11) is 2.97. The highest BCUT2D eigenvalue weighted by Crippen LogP contribution is 2.32. The summed E-state index contributed by atoms with van der Waals surface area (Å²) in [5.41, 5.74) is 17.5. The minimum absolute atomic E-state index is 0.0776. The molecule has 262 valence electrons. The van der Waals surface area contributed by atoms with Crippen LogP contribution in [0.15, 0.2) is 90.3 Å². The fraction of sp³-hybridized carbons (Fsp3) is 0.206. The van der Waals surface area contributed by atoms with Gasteiger partial charge >= 0.3 is 6.18 Å². The van der Waals surface area contributed by atoms with E-state index in [-0.39, 0.29) is 35.3 Å². The largest absolute Gasteiger partial charge is 0.508 e. The van der Waals surface area contributed by atoms with Crippen molar-refractivity contribution in [3.8, 4) is 22.8 Å². The van der Waals surface area contributed by atoms with Crippen LogP contribution >= 0.6 is 0 Å². The molecular formula is C34H40F3N7O5. The van der Waals surface area contributed by atoms with Gasteiger partial charge in [0.25, 0.3) is 11.8 Å². The van der Waals surface area contributed by atoms with Crippen molar-refractivity contribution in [1.29, 1.82) is 0 Å². The Balaban J connectivity index is 0.000000869. The third-order valence-electron chi connectivity index (χ3n) is 6.33. The second kappa shape index (κ2) is 19.6. The number of hydrogen-bond donors (Lipinski definition) is 5. The van der Waals surface area contributed by atoms with E-state index in [2.05, 4.69) is 21.1 Å². The van der Waals surface area contributed by atoms with Gasteiger partial charge < -0.3 is 37.2 Å². The van der Waals surface area contributed by atoms with Gasteiger partial charge in [-0.2, -0.15) is 23.0 Å². The summed E-state index contributed by atoms with van der Waals surface area (Å²) < 4.78 is 45.6. The second-order valence-electron chi connectivity index (χ2n) is 9.75. The van der Waals surface area contributed by atoms with Gasteiger partial charge in [0.1, 0.15) is 35.4 Å². The standard InChI is InChI=1S/C25H21F3N6O3.C7H12O.CH5N.CH2O/c1-37-18-5-3-2-4-17(18)24(36)32-13-14-6-8-15(9-7-14)21-20(23(30)35)22(29)34(33-21)19-12-16(10-11-31-19)25(26,27)28;1-4-5-7(8)6(2)3;2*1-2/h2-12H,13,29H2,1H3,(H2,30,35)(H,32,36);4-5,8H,1-3H3;2H2,1H3;1H2/b;5-4-;;. The van der Waals surface area contributed by atoms with E-state index in [9.17, 15) is 22.8 Å². The lowest BCUT2D eigenvalue weighted by Gasteiger charge is -2.09. The molecule has 0 saturated heterocycles. The van der Waals surface area contributed by atoms with E-state index in [4.69, 9.17) is 26.1 Å². The number of benzene rings is 2. The van der Waals surface area contributed by atoms with E-state index >= 15 is 0 Å². The lowest BCUT2D eigenvalue weighted by atomic mass is 10.0. The molecule has 4 aromatic rings. The van der Waals surface area contributed by atoms with E-state index in [0.717, 1.165) is 34.1 Å². The average Bonchev–Trinajstić information content (AvgIpc) is 3.46. The summed E-state index contributed by atoms with van der Waals surface area (Å²) in [4.78, 5) is 36.6. The number of aliphatic hydroxyl groups excluding tert-OH is 1. The lowest BCUT2D eigenvalue weighted by Crippen LogP contribution is -2.23. The predicted molar refractivity (Wildman–Crippen MR) is 182 cm³/mol. The topological polar surface area (TPSA) is 201 Å². The summed E-state index contributed by atoms with van der Waals surface area (Å²) in [6, 6.07) is 15.0. The number of methoxy groups -OCH3 is 1. The molecule has 12 nitrogen and oxygen atoms in total. The molecule has 0 bridgehead atoms. The highest BCUT2D eigenvalue weighted by molar-refractivity contribution is 6.03. The molecule has 49 heavy (non-hydrogen) atoms. The van der Waals surface area contributed by atoms with Crippen LogP contribution in [0, 0.1) is 0 Å². The van der Waals surface area contributed by atoms with Crippen molar-refractivity contribution >= 4 is 24.4 Å². The molecule has 8 N–H and O–H groups in total. The summed E-state index contributed by atoms with van der Waals surface area (Å²) in [6.07, 6.45) is -0.152. The molecule has 0 unspecified atom stereocenters. The third kappa shape index (κ3) is 11.4. The number of nitrogen functional groups attached to an aromatic ring is 1. The first kappa shape index (κ1) is 41.1. The number of amides is 2. The van der Waals surface area contributed by atoms with Gasteiger partial charge in [-0.3, -0.25) is 9.59 Å². The molecule has 0 saturated carbocycles. The monoisotopic (exact) mass is 683 g/mol. The zero-order valence-electron chi connectivity index (χ0n) is 27.7. The number of anilines is 1. The number of halogens is 3. The Bertz CT molecular complexity index is 1750. The van der Waals surface area contributed by atoms with Gasteiger partial charge in [0, 0.05) is 18.3 Å². The first-order chi connectivity index (χ1) is 23.3. The van der Waals surface area contributed by atoms with Crippen LogP contribution in [0.25, 0.3) is 17.1 Å². The van der Waals surface area contributed by atoms with Crippen LogP contribution < -0.4 is 27.3 Å². The molecule has 0 fully saturated rings. The van der Waals surface area contributed by atoms with Crippen LogP contribution in [-0.2, 0) is 17.5 Å². The maximum atomic E-state index is 13.2. The number of aromatic nitrogens is 3. The normalized spacial score (nSPS) is 10.3. The molecule has 0 aliphatic heterocycles.